The highest BCUT2D eigenvalue weighted by atomic mass is 32.2. The van der Waals surface area contributed by atoms with Crippen LogP contribution in [-0.2, 0) is 14.8 Å². The van der Waals surface area contributed by atoms with E-state index in [2.05, 4.69) is 15.4 Å². The summed E-state index contributed by atoms with van der Waals surface area (Å²) in [6.45, 7) is 0. The number of thiocarbonyl (C=S) groups is 1. The Morgan fingerprint density at radius 1 is 0.762 bits per heavy atom. The summed E-state index contributed by atoms with van der Waals surface area (Å²) in [6.07, 6.45) is 0.750. The van der Waals surface area contributed by atoms with Crippen molar-refractivity contribution in [3.63, 3.8) is 0 Å². The number of sulfonamides is 1. The predicted molar refractivity (Wildman–Crippen MR) is 169 cm³/mol. The lowest BCUT2D eigenvalue weighted by Crippen LogP contribution is -2.20. The molecule has 0 saturated carbocycles. The number of hydrogen-bond donors (Lipinski definition) is 3. The molecule has 0 aliphatic carbocycles. The van der Waals surface area contributed by atoms with Gasteiger partial charge in [-0.1, -0.05) is 30.3 Å². The molecule has 4 aromatic rings. The van der Waals surface area contributed by atoms with Gasteiger partial charge >= 0.3 is 0 Å². The molecule has 220 valence electrons. The Hall–Kier alpha value is -4.81. The van der Waals surface area contributed by atoms with Gasteiger partial charge in [-0.05, 0) is 78.9 Å². The van der Waals surface area contributed by atoms with E-state index in [1.165, 1.54) is 31.3 Å². The molecule has 1 amide bonds. The molecule has 0 atom stereocenters. The maximum Gasteiger partial charge on any atom is 0.262 e. The molecule has 10 nitrogen and oxygen atoms in total. The number of hydrogen-bond acceptors (Lipinski definition) is 7. The van der Waals surface area contributed by atoms with Crippen LogP contribution in [0.3, 0.4) is 0 Å². The maximum absolute atomic E-state index is 13.1. The van der Waals surface area contributed by atoms with Crippen molar-refractivity contribution in [3.05, 3.63) is 97.1 Å². The Bertz CT molecular complexity index is 1580. The first kappa shape index (κ1) is 31.7. The fourth-order valence-electron chi connectivity index (χ4n) is 3.40. The Labute approximate surface area is 251 Å². The van der Waals surface area contributed by atoms with Crippen molar-refractivity contribution >= 4 is 50.8 Å². The molecule has 0 spiro atoms. The van der Waals surface area contributed by atoms with Gasteiger partial charge in [0.2, 0.25) is 6.41 Å². The highest BCUT2D eigenvalue weighted by molar-refractivity contribution is 7.92. The van der Waals surface area contributed by atoms with Crippen LogP contribution in [0.5, 0.6) is 23.0 Å². The van der Waals surface area contributed by atoms with Crippen LogP contribution in [0.2, 0.25) is 0 Å². The molecule has 4 rings (SSSR count). The normalized spacial score (nSPS) is 10.3. The molecule has 4 aromatic carbocycles. The van der Waals surface area contributed by atoms with Gasteiger partial charge in [-0.15, -0.1) is 0 Å². The van der Waals surface area contributed by atoms with Gasteiger partial charge in [0, 0.05) is 19.8 Å². The number of carbonyl (C=O) groups excluding carboxylic acids is 1. The van der Waals surface area contributed by atoms with E-state index in [1.807, 2.05) is 54.6 Å². The highest BCUT2D eigenvalue weighted by Gasteiger charge is 2.19. The van der Waals surface area contributed by atoms with Crippen LogP contribution in [0.25, 0.3) is 0 Å². The fraction of sp³-hybridized carbons (Fsp3) is 0.133. The number of ether oxygens (including phenoxy) is 3. The molecule has 0 heterocycles. The number of nitrogens with zero attached hydrogens (tertiary/aromatic N) is 1. The van der Waals surface area contributed by atoms with Crippen LogP contribution in [0.1, 0.15) is 0 Å². The van der Waals surface area contributed by atoms with E-state index < -0.39 is 10.0 Å². The summed E-state index contributed by atoms with van der Waals surface area (Å²) in [5.41, 5.74) is 1.43. The highest BCUT2D eigenvalue weighted by Crippen LogP contribution is 2.31. The van der Waals surface area contributed by atoms with E-state index in [9.17, 15) is 13.2 Å². The van der Waals surface area contributed by atoms with Gasteiger partial charge in [0.05, 0.1) is 30.5 Å². The topological polar surface area (TPSA) is 118 Å². The molecule has 0 aliphatic heterocycles. The van der Waals surface area contributed by atoms with Crippen molar-refractivity contribution < 1.29 is 27.4 Å². The first-order chi connectivity index (χ1) is 20.1. The number of rotatable bonds is 10. The number of benzene rings is 4. The number of methoxy groups -OCH3 is 2. The average molecular weight is 609 g/mol. The van der Waals surface area contributed by atoms with Crippen molar-refractivity contribution in [2.75, 3.05) is 43.7 Å². The zero-order valence-electron chi connectivity index (χ0n) is 23.5. The van der Waals surface area contributed by atoms with Crippen LogP contribution in [0.15, 0.2) is 102 Å². The Kier molecular flexibility index (Phi) is 11.5. The van der Waals surface area contributed by atoms with Crippen LogP contribution in [0, 0.1) is 0 Å². The minimum absolute atomic E-state index is 0.0203. The van der Waals surface area contributed by atoms with Crippen LogP contribution in [-0.4, -0.2) is 53.2 Å². The van der Waals surface area contributed by atoms with Gasteiger partial charge in [-0.3, -0.25) is 9.52 Å². The van der Waals surface area contributed by atoms with E-state index in [1.54, 1.807) is 44.4 Å². The molecular formula is C30H32N4O6S2. The minimum Gasteiger partial charge on any atom is -0.495 e. The fourth-order valence-corrected chi connectivity index (χ4v) is 4.72. The van der Waals surface area contributed by atoms with Gasteiger partial charge < -0.3 is 29.7 Å². The van der Waals surface area contributed by atoms with E-state index in [0.717, 1.165) is 17.8 Å². The zero-order chi connectivity index (χ0) is 30.5. The quantitative estimate of drug-likeness (QED) is 0.151. The third-order valence-corrected chi connectivity index (χ3v) is 6.95. The maximum atomic E-state index is 13.1. The molecule has 0 radical (unpaired) electrons. The first-order valence-electron chi connectivity index (χ1n) is 12.5. The predicted octanol–water partition coefficient (Wildman–Crippen LogP) is 5.81. The molecule has 42 heavy (non-hydrogen) atoms. The lowest BCUT2D eigenvalue weighted by Gasteiger charge is -2.16. The summed E-state index contributed by atoms with van der Waals surface area (Å²) in [5, 5.41) is 6.34. The Morgan fingerprint density at radius 3 is 1.95 bits per heavy atom. The molecule has 0 saturated heterocycles. The Balaban J connectivity index is 0.000000892. The second kappa shape index (κ2) is 15.3. The molecule has 0 aliphatic rings. The third-order valence-electron chi connectivity index (χ3n) is 5.38. The summed E-state index contributed by atoms with van der Waals surface area (Å²) in [7, 11) is 2.42. The van der Waals surface area contributed by atoms with Gasteiger partial charge in [-0.2, -0.15) is 0 Å². The molecule has 0 bridgehead atoms. The molecule has 0 unspecified atom stereocenters. The van der Waals surface area contributed by atoms with Gasteiger partial charge in [0.15, 0.2) is 5.11 Å². The number of carbonyl (C=O) groups is 1. The van der Waals surface area contributed by atoms with Crippen molar-refractivity contribution in [2.45, 2.75) is 4.90 Å². The summed E-state index contributed by atoms with van der Waals surface area (Å²) in [5.74, 6) is 2.25. The summed E-state index contributed by atoms with van der Waals surface area (Å²) in [6, 6.07) is 27.9. The van der Waals surface area contributed by atoms with E-state index in [4.69, 9.17) is 26.4 Å². The van der Waals surface area contributed by atoms with Gasteiger partial charge in [0.1, 0.15) is 23.0 Å². The largest absolute Gasteiger partial charge is 0.495 e. The van der Waals surface area contributed by atoms with Gasteiger partial charge in [0.25, 0.3) is 10.0 Å². The Morgan fingerprint density at radius 2 is 1.33 bits per heavy atom. The first-order valence-corrected chi connectivity index (χ1v) is 14.4. The second-order valence-electron chi connectivity index (χ2n) is 8.76. The number of para-hydroxylation sites is 3. The van der Waals surface area contributed by atoms with E-state index >= 15 is 0 Å². The monoisotopic (exact) mass is 608 g/mol. The van der Waals surface area contributed by atoms with Crippen LogP contribution in [0.4, 0.5) is 17.1 Å². The second-order valence-corrected chi connectivity index (χ2v) is 10.8. The van der Waals surface area contributed by atoms with Crippen LogP contribution >= 0.6 is 12.2 Å². The SMILES string of the molecule is CN(C)C=O.COc1ccc(S(=O)(=O)Nc2ccccc2OC)cc1NC(=S)Nc1ccc(Oc2ccccc2)cc1. The lowest BCUT2D eigenvalue weighted by atomic mass is 10.3. The molecular weight excluding hydrogens is 576 g/mol. The minimum atomic E-state index is -3.92. The summed E-state index contributed by atoms with van der Waals surface area (Å²) >= 11 is 5.45. The molecule has 0 aromatic heterocycles. The van der Waals surface area contributed by atoms with E-state index in [-0.39, 0.29) is 10.0 Å². The molecule has 12 heteroatoms. The van der Waals surface area contributed by atoms with Crippen LogP contribution < -0.4 is 29.6 Å². The standard InChI is InChI=1S/C27H25N3O5S2.C3H7NO/c1-33-25-11-7-6-10-23(25)30-37(31,32)22-16-17-26(34-2)24(18-22)29-27(36)28-19-12-14-21(15-13-19)35-20-8-4-3-5-9-20;1-4(2)3-5/h3-18,30H,1-2H3,(H2,28,29,36);3H,1-2H3. The van der Waals surface area contributed by atoms with Crippen molar-refractivity contribution in [1.82, 2.24) is 4.90 Å². The third kappa shape index (κ3) is 9.39. The van der Waals surface area contributed by atoms with Crippen molar-refractivity contribution in [3.8, 4) is 23.0 Å². The van der Waals surface area contributed by atoms with Crippen molar-refractivity contribution in [1.29, 1.82) is 0 Å². The lowest BCUT2D eigenvalue weighted by molar-refractivity contribution is -0.115. The smallest absolute Gasteiger partial charge is 0.262 e. The van der Waals surface area contributed by atoms with Gasteiger partial charge in [-0.25, -0.2) is 8.42 Å². The van der Waals surface area contributed by atoms with Crippen molar-refractivity contribution in [2.24, 2.45) is 0 Å². The molecule has 0 fully saturated rings. The summed E-state index contributed by atoms with van der Waals surface area (Å²) in [4.78, 5) is 10.9. The number of anilines is 3. The summed E-state index contributed by atoms with van der Waals surface area (Å²) < 4.78 is 45.1. The van der Waals surface area contributed by atoms with E-state index in [0.29, 0.717) is 28.6 Å². The average Bonchev–Trinajstić information content (AvgIpc) is 2.99. The number of amides is 1. The zero-order valence-corrected chi connectivity index (χ0v) is 25.2. The molecule has 3 N–H and O–H groups in total. The number of nitrogens with one attached hydrogen (secondary N) is 3.